The van der Waals surface area contributed by atoms with E-state index in [1.165, 1.54) is 25.0 Å². The first-order valence-electron chi connectivity index (χ1n) is 7.39. The maximum absolute atomic E-state index is 12.3. The summed E-state index contributed by atoms with van der Waals surface area (Å²) in [5.41, 5.74) is 0.493. The van der Waals surface area contributed by atoms with Crippen LogP contribution >= 0.6 is 0 Å². The fraction of sp³-hybridized carbons (Fsp3) is 0.438. The third-order valence-electron chi connectivity index (χ3n) is 4.37. The number of hydrogen-bond donors (Lipinski definition) is 1. The summed E-state index contributed by atoms with van der Waals surface area (Å²) < 4.78 is 0. The maximum atomic E-state index is 12.3. The average molecular weight is 286 g/mol. The minimum Gasteiger partial charge on any atom is -0.326 e. The Kier molecular flexibility index (Phi) is 3.73. The van der Waals surface area contributed by atoms with Crippen LogP contribution < -0.4 is 5.32 Å². The molecule has 1 aromatic carbocycles. The Balaban J connectivity index is 1.67. The number of non-ortho nitro benzene ring substituents is 1. The van der Waals surface area contributed by atoms with Crippen molar-refractivity contribution < 1.29 is 9.72 Å². The summed E-state index contributed by atoms with van der Waals surface area (Å²) in [6.07, 6.45) is 8.91. The van der Waals surface area contributed by atoms with Crippen LogP contribution in [0.4, 0.5) is 11.4 Å². The largest absolute Gasteiger partial charge is 0.326 e. The molecule has 2 aliphatic carbocycles. The van der Waals surface area contributed by atoms with Gasteiger partial charge in [-0.3, -0.25) is 14.9 Å². The number of nitro groups is 1. The second-order valence-corrected chi connectivity index (χ2v) is 5.78. The lowest BCUT2D eigenvalue weighted by molar-refractivity contribution is -0.384. The van der Waals surface area contributed by atoms with Crippen molar-refractivity contribution in [3.63, 3.8) is 0 Å². The van der Waals surface area contributed by atoms with E-state index in [4.69, 9.17) is 0 Å². The number of nitrogens with one attached hydrogen (secondary N) is 1. The number of anilines is 1. The minimum absolute atomic E-state index is 0.00508. The van der Waals surface area contributed by atoms with Gasteiger partial charge in [-0.25, -0.2) is 0 Å². The van der Waals surface area contributed by atoms with E-state index in [2.05, 4.69) is 17.5 Å². The molecule has 0 spiro atoms. The van der Waals surface area contributed by atoms with Crippen molar-refractivity contribution >= 4 is 17.3 Å². The highest BCUT2D eigenvalue weighted by molar-refractivity contribution is 5.95. The van der Waals surface area contributed by atoms with Crippen molar-refractivity contribution in [2.45, 2.75) is 25.7 Å². The van der Waals surface area contributed by atoms with E-state index >= 15 is 0 Å². The quantitative estimate of drug-likeness (QED) is 0.525. The molecular formula is C16H18N2O3. The van der Waals surface area contributed by atoms with E-state index in [1.54, 1.807) is 12.1 Å². The van der Waals surface area contributed by atoms with Crippen LogP contribution in [-0.4, -0.2) is 10.8 Å². The van der Waals surface area contributed by atoms with E-state index in [9.17, 15) is 14.9 Å². The molecular weight excluding hydrogens is 268 g/mol. The van der Waals surface area contributed by atoms with Crippen LogP contribution in [0, 0.1) is 27.9 Å². The van der Waals surface area contributed by atoms with Crippen LogP contribution in [0.2, 0.25) is 0 Å². The Morgan fingerprint density at radius 1 is 1.33 bits per heavy atom. The van der Waals surface area contributed by atoms with Gasteiger partial charge in [0, 0.05) is 23.7 Å². The number of amides is 1. The van der Waals surface area contributed by atoms with Crippen LogP contribution in [-0.2, 0) is 4.79 Å². The molecule has 3 rings (SSSR count). The Bertz CT molecular complexity index is 597. The molecule has 1 aromatic rings. The van der Waals surface area contributed by atoms with Crippen molar-refractivity contribution in [1.82, 2.24) is 0 Å². The first-order chi connectivity index (χ1) is 10.2. The molecule has 110 valence electrons. The third-order valence-corrected chi connectivity index (χ3v) is 4.37. The van der Waals surface area contributed by atoms with Gasteiger partial charge in [0.05, 0.1) is 4.92 Å². The first-order valence-corrected chi connectivity index (χ1v) is 7.39. The van der Waals surface area contributed by atoms with Crippen LogP contribution in [0.5, 0.6) is 0 Å². The minimum atomic E-state index is -0.455. The number of nitro benzene ring substituents is 1. The zero-order valence-electron chi connectivity index (χ0n) is 11.7. The number of hydrogen-bond acceptors (Lipinski definition) is 3. The lowest BCUT2D eigenvalue weighted by atomic mass is 10.1. The number of carbonyl (C=O) groups excluding carboxylic acids is 1. The predicted octanol–water partition coefficient (Wildman–Crippen LogP) is 3.53. The maximum Gasteiger partial charge on any atom is 0.271 e. The Morgan fingerprint density at radius 3 is 3.00 bits per heavy atom. The van der Waals surface area contributed by atoms with Gasteiger partial charge in [0.15, 0.2) is 0 Å². The first kappa shape index (κ1) is 13.8. The Labute approximate surface area is 123 Å². The predicted molar refractivity (Wildman–Crippen MR) is 79.8 cm³/mol. The summed E-state index contributed by atoms with van der Waals surface area (Å²) in [5.74, 6) is 0.805. The second kappa shape index (κ2) is 5.68. The summed E-state index contributed by atoms with van der Waals surface area (Å²) in [5, 5.41) is 13.6. The fourth-order valence-corrected chi connectivity index (χ4v) is 3.22. The monoisotopic (exact) mass is 286 g/mol. The summed E-state index contributed by atoms with van der Waals surface area (Å²) in [6.45, 7) is 0. The van der Waals surface area contributed by atoms with Crippen molar-refractivity contribution in [3.05, 3.63) is 46.5 Å². The Hall–Kier alpha value is -2.17. The smallest absolute Gasteiger partial charge is 0.271 e. The molecule has 5 heteroatoms. The molecule has 0 bridgehead atoms. The third kappa shape index (κ3) is 2.96. The summed E-state index contributed by atoms with van der Waals surface area (Å²) >= 11 is 0. The standard InChI is InChI=1S/C16H18N2O3/c19-16(15-13-8-3-1-2-4-9-14(13)15)17-11-6-5-7-12(10-11)18(20)21/h3,5-8,10,13-15H,1-2,4,9H2,(H,17,19)/t13-,14+,15+/m0/s1. The molecule has 0 heterocycles. The van der Waals surface area contributed by atoms with E-state index in [-0.39, 0.29) is 17.5 Å². The molecule has 1 fully saturated rings. The lowest BCUT2D eigenvalue weighted by Crippen LogP contribution is -2.15. The summed E-state index contributed by atoms with van der Waals surface area (Å²) in [6, 6.07) is 6.09. The van der Waals surface area contributed by atoms with Crippen LogP contribution in [0.3, 0.4) is 0 Å². The highest BCUT2D eigenvalue weighted by Crippen LogP contribution is 2.51. The molecule has 0 unspecified atom stereocenters. The van der Waals surface area contributed by atoms with Gasteiger partial charge in [-0.1, -0.05) is 24.6 Å². The lowest BCUT2D eigenvalue weighted by Gasteiger charge is -2.04. The molecule has 21 heavy (non-hydrogen) atoms. The van der Waals surface area contributed by atoms with Crippen LogP contribution in [0.1, 0.15) is 25.7 Å². The molecule has 1 N–H and O–H groups in total. The molecule has 1 saturated carbocycles. The van der Waals surface area contributed by atoms with Gasteiger partial charge < -0.3 is 5.32 Å². The summed E-state index contributed by atoms with van der Waals surface area (Å²) in [7, 11) is 0. The molecule has 0 aromatic heterocycles. The fourth-order valence-electron chi connectivity index (χ4n) is 3.22. The second-order valence-electron chi connectivity index (χ2n) is 5.78. The topological polar surface area (TPSA) is 72.2 Å². The summed E-state index contributed by atoms with van der Waals surface area (Å²) in [4.78, 5) is 22.6. The van der Waals surface area contributed by atoms with E-state index < -0.39 is 4.92 Å². The number of carbonyl (C=O) groups is 1. The van der Waals surface area contributed by atoms with Gasteiger partial charge in [0.2, 0.25) is 5.91 Å². The van der Waals surface area contributed by atoms with Gasteiger partial charge in [-0.2, -0.15) is 0 Å². The number of allylic oxidation sites excluding steroid dienone is 2. The van der Waals surface area contributed by atoms with E-state index in [0.717, 1.165) is 12.8 Å². The van der Waals surface area contributed by atoms with E-state index in [0.29, 0.717) is 17.5 Å². The molecule has 3 atom stereocenters. The molecule has 1 amide bonds. The van der Waals surface area contributed by atoms with Crippen LogP contribution in [0.15, 0.2) is 36.4 Å². The zero-order chi connectivity index (χ0) is 14.8. The molecule has 0 aliphatic heterocycles. The number of fused-ring (bicyclic) bond motifs is 1. The van der Waals surface area contributed by atoms with Crippen molar-refractivity contribution in [3.8, 4) is 0 Å². The Morgan fingerprint density at radius 2 is 2.19 bits per heavy atom. The number of benzene rings is 1. The van der Waals surface area contributed by atoms with Gasteiger partial charge >= 0.3 is 0 Å². The van der Waals surface area contributed by atoms with Crippen LogP contribution in [0.25, 0.3) is 0 Å². The van der Waals surface area contributed by atoms with Gasteiger partial charge in [-0.05, 0) is 37.2 Å². The van der Waals surface area contributed by atoms with E-state index in [1.807, 2.05) is 0 Å². The van der Waals surface area contributed by atoms with Crippen molar-refractivity contribution in [2.75, 3.05) is 5.32 Å². The molecule has 0 saturated heterocycles. The SMILES string of the molecule is O=C(Nc1cccc([N+](=O)[O-])c1)[C@@H]1[C@H]2C=CCCCC[C@H]21. The van der Waals surface area contributed by atoms with Gasteiger partial charge in [-0.15, -0.1) is 0 Å². The normalized spacial score (nSPS) is 27.1. The van der Waals surface area contributed by atoms with Crippen molar-refractivity contribution in [2.24, 2.45) is 17.8 Å². The highest BCUT2D eigenvalue weighted by Gasteiger charge is 2.52. The number of rotatable bonds is 3. The molecule has 2 aliphatic rings. The average Bonchev–Trinajstić information content (AvgIpc) is 3.10. The van der Waals surface area contributed by atoms with Gasteiger partial charge in [0.1, 0.15) is 0 Å². The molecule has 5 nitrogen and oxygen atoms in total. The van der Waals surface area contributed by atoms with Crippen molar-refractivity contribution in [1.29, 1.82) is 0 Å². The number of nitrogens with zero attached hydrogens (tertiary/aromatic N) is 1. The van der Waals surface area contributed by atoms with Gasteiger partial charge in [0.25, 0.3) is 5.69 Å². The molecule has 0 radical (unpaired) electrons. The highest BCUT2D eigenvalue weighted by atomic mass is 16.6. The zero-order valence-corrected chi connectivity index (χ0v) is 11.7.